The predicted molar refractivity (Wildman–Crippen MR) is 62.7 cm³/mol. The summed E-state index contributed by atoms with van der Waals surface area (Å²) in [4.78, 5) is 29.4. The van der Waals surface area contributed by atoms with Gasteiger partial charge in [-0.25, -0.2) is 4.79 Å². The van der Waals surface area contributed by atoms with Crippen LogP contribution in [0, 0.1) is 0 Å². The van der Waals surface area contributed by atoms with E-state index in [2.05, 4.69) is 4.98 Å². The summed E-state index contributed by atoms with van der Waals surface area (Å²) in [5.74, 6) is -0.546. The number of aromatic nitrogens is 1. The first kappa shape index (κ1) is 12.5. The summed E-state index contributed by atoms with van der Waals surface area (Å²) in [6, 6.07) is 2.88. The number of nitrogens with zero attached hydrogens (tertiary/aromatic N) is 2. The van der Waals surface area contributed by atoms with Crippen LogP contribution in [0.15, 0.2) is 24.5 Å². The van der Waals surface area contributed by atoms with Crippen LogP contribution in [0.2, 0.25) is 0 Å². The first-order chi connectivity index (χ1) is 8.74. The molecule has 2 rings (SSSR count). The molecule has 2 heterocycles. The molecule has 2 N–H and O–H groups in total. The van der Waals surface area contributed by atoms with Crippen molar-refractivity contribution in [1.29, 1.82) is 0 Å². The number of pyridine rings is 1. The molecule has 0 unspecified atom stereocenters. The molecule has 0 radical (unpaired) electrons. The minimum atomic E-state index is -0.517. The van der Waals surface area contributed by atoms with Gasteiger partial charge in [0.05, 0.1) is 25.8 Å². The fraction of sp³-hybridized carbons (Fsp3) is 0.417. The highest BCUT2D eigenvalue weighted by Gasteiger charge is 2.35. The molecule has 0 bridgehead atoms. The molecule has 0 aromatic carbocycles. The number of amides is 1. The normalized spacial score (nSPS) is 19.4. The predicted octanol–water partition coefficient (Wildman–Crippen LogP) is -1.36. The number of ether oxygens (including phenoxy) is 1. The number of carbonyl (C=O) groups excluding carboxylic acids is 2. The van der Waals surface area contributed by atoms with Crippen molar-refractivity contribution in [3.63, 3.8) is 0 Å². The van der Waals surface area contributed by atoms with Gasteiger partial charge in [-0.05, 0) is 12.1 Å². The average molecular weight is 250 g/mol. The highest BCUT2D eigenvalue weighted by atomic mass is 16.5. The summed E-state index contributed by atoms with van der Waals surface area (Å²) < 4.78 is 4.74. The van der Waals surface area contributed by atoms with Gasteiger partial charge in [0.2, 0.25) is 0 Å². The van der Waals surface area contributed by atoms with Crippen molar-refractivity contribution in [3.05, 3.63) is 30.1 Å². The zero-order chi connectivity index (χ0) is 13.0. The Kier molecular flexibility index (Phi) is 3.88. The number of piperazine rings is 1. The number of methoxy groups -OCH3 is 1. The molecule has 1 saturated heterocycles. The van der Waals surface area contributed by atoms with E-state index in [1.54, 1.807) is 23.2 Å². The maximum atomic E-state index is 12.3. The van der Waals surface area contributed by atoms with Crippen molar-refractivity contribution in [3.8, 4) is 0 Å². The fourth-order valence-electron chi connectivity index (χ4n) is 2.05. The Morgan fingerprint density at radius 1 is 1.56 bits per heavy atom. The third kappa shape index (κ3) is 2.48. The number of nitrogens with two attached hydrogens (primary N) is 1. The van der Waals surface area contributed by atoms with Crippen molar-refractivity contribution in [2.24, 2.45) is 0 Å². The van der Waals surface area contributed by atoms with E-state index in [9.17, 15) is 9.59 Å². The van der Waals surface area contributed by atoms with E-state index in [0.717, 1.165) is 6.54 Å². The third-order valence-electron chi connectivity index (χ3n) is 2.98. The topological polar surface area (TPSA) is 76.1 Å². The van der Waals surface area contributed by atoms with Gasteiger partial charge in [-0.3, -0.25) is 9.78 Å². The number of esters is 1. The van der Waals surface area contributed by atoms with Crippen LogP contribution in [0.4, 0.5) is 0 Å². The minimum absolute atomic E-state index is 0.174. The van der Waals surface area contributed by atoms with Gasteiger partial charge in [-0.2, -0.15) is 0 Å². The minimum Gasteiger partial charge on any atom is -0.467 e. The fourth-order valence-corrected chi connectivity index (χ4v) is 2.05. The number of quaternary nitrogens is 1. The van der Waals surface area contributed by atoms with Crippen molar-refractivity contribution in [2.45, 2.75) is 6.04 Å². The summed E-state index contributed by atoms with van der Waals surface area (Å²) >= 11 is 0. The van der Waals surface area contributed by atoms with Crippen LogP contribution in [0.5, 0.6) is 0 Å². The Labute approximate surface area is 105 Å². The molecule has 1 aliphatic rings. The Balaban J connectivity index is 2.19. The maximum Gasteiger partial charge on any atom is 0.334 e. The quantitative estimate of drug-likeness (QED) is 0.658. The second-order valence-electron chi connectivity index (χ2n) is 4.09. The van der Waals surface area contributed by atoms with Crippen LogP contribution < -0.4 is 5.32 Å². The van der Waals surface area contributed by atoms with E-state index in [1.165, 1.54) is 13.3 Å². The molecule has 1 fully saturated rings. The Bertz CT molecular complexity index is 435. The highest BCUT2D eigenvalue weighted by molar-refractivity contribution is 5.96. The van der Waals surface area contributed by atoms with Crippen LogP contribution >= 0.6 is 0 Å². The second kappa shape index (κ2) is 5.59. The van der Waals surface area contributed by atoms with Gasteiger partial charge in [-0.1, -0.05) is 0 Å². The Morgan fingerprint density at radius 2 is 2.39 bits per heavy atom. The molecular formula is C12H16N3O3+. The van der Waals surface area contributed by atoms with E-state index >= 15 is 0 Å². The van der Waals surface area contributed by atoms with Gasteiger partial charge in [0, 0.05) is 12.4 Å². The lowest BCUT2D eigenvalue weighted by Crippen LogP contribution is -2.92. The van der Waals surface area contributed by atoms with E-state index < -0.39 is 6.04 Å². The first-order valence-electron chi connectivity index (χ1n) is 5.84. The van der Waals surface area contributed by atoms with Crippen molar-refractivity contribution in [1.82, 2.24) is 9.88 Å². The Morgan fingerprint density at radius 3 is 3.06 bits per heavy atom. The summed E-state index contributed by atoms with van der Waals surface area (Å²) in [5.41, 5.74) is 0.494. The largest absolute Gasteiger partial charge is 0.467 e. The van der Waals surface area contributed by atoms with Gasteiger partial charge >= 0.3 is 5.97 Å². The van der Waals surface area contributed by atoms with Crippen LogP contribution in [0.1, 0.15) is 10.4 Å². The molecule has 0 spiro atoms. The van der Waals surface area contributed by atoms with Crippen molar-refractivity contribution < 1.29 is 19.6 Å². The van der Waals surface area contributed by atoms with Gasteiger partial charge in [0.15, 0.2) is 6.04 Å². The number of carbonyl (C=O) groups is 2. The molecule has 1 amide bonds. The number of hydrogen-bond donors (Lipinski definition) is 1. The lowest BCUT2D eigenvalue weighted by atomic mass is 10.1. The molecular weight excluding hydrogens is 234 g/mol. The maximum absolute atomic E-state index is 12.3. The summed E-state index contributed by atoms with van der Waals surface area (Å²) in [7, 11) is 1.34. The first-order valence-corrected chi connectivity index (χ1v) is 5.84. The lowest BCUT2D eigenvalue weighted by molar-refractivity contribution is -0.665. The van der Waals surface area contributed by atoms with Crippen molar-refractivity contribution >= 4 is 11.9 Å². The van der Waals surface area contributed by atoms with Crippen LogP contribution in [-0.4, -0.2) is 54.5 Å². The zero-order valence-electron chi connectivity index (χ0n) is 10.2. The highest BCUT2D eigenvalue weighted by Crippen LogP contribution is 2.09. The van der Waals surface area contributed by atoms with Gasteiger partial charge in [-0.15, -0.1) is 0 Å². The third-order valence-corrected chi connectivity index (χ3v) is 2.98. The lowest BCUT2D eigenvalue weighted by Gasteiger charge is -2.32. The van der Waals surface area contributed by atoms with Crippen LogP contribution in [0.25, 0.3) is 0 Å². The second-order valence-corrected chi connectivity index (χ2v) is 4.09. The molecule has 0 saturated carbocycles. The van der Waals surface area contributed by atoms with E-state index in [0.29, 0.717) is 18.7 Å². The van der Waals surface area contributed by atoms with Crippen LogP contribution in [-0.2, 0) is 9.53 Å². The molecule has 6 heteroatoms. The summed E-state index contributed by atoms with van der Waals surface area (Å²) in [5, 5.41) is 2.01. The van der Waals surface area contributed by atoms with Crippen LogP contribution in [0.3, 0.4) is 0 Å². The molecule has 18 heavy (non-hydrogen) atoms. The standard InChI is InChI=1S/C12H15N3O3/c1-18-12(17)10-8-14-5-6-15(10)11(16)9-3-2-4-13-7-9/h2-4,7,10,14H,5-6,8H2,1H3/p+1/t10-/m0/s1. The van der Waals surface area contributed by atoms with Gasteiger partial charge in [0.25, 0.3) is 5.91 Å². The molecule has 96 valence electrons. The monoisotopic (exact) mass is 250 g/mol. The van der Waals surface area contributed by atoms with E-state index in [-0.39, 0.29) is 11.9 Å². The van der Waals surface area contributed by atoms with E-state index in [1.807, 2.05) is 5.32 Å². The van der Waals surface area contributed by atoms with Crippen molar-refractivity contribution in [2.75, 3.05) is 26.7 Å². The smallest absolute Gasteiger partial charge is 0.334 e. The van der Waals surface area contributed by atoms with E-state index in [4.69, 9.17) is 4.74 Å². The molecule has 1 aliphatic heterocycles. The van der Waals surface area contributed by atoms with Gasteiger partial charge in [0.1, 0.15) is 6.54 Å². The molecule has 6 nitrogen and oxygen atoms in total. The number of rotatable bonds is 2. The molecule has 1 aromatic rings. The molecule has 1 aromatic heterocycles. The zero-order valence-corrected chi connectivity index (χ0v) is 10.2. The molecule has 1 atom stereocenters. The summed E-state index contributed by atoms with van der Waals surface area (Å²) in [6.45, 7) is 1.87. The van der Waals surface area contributed by atoms with Gasteiger partial charge < -0.3 is 15.0 Å². The number of hydrogen-bond acceptors (Lipinski definition) is 4. The summed E-state index contributed by atoms with van der Waals surface area (Å²) in [6.07, 6.45) is 3.12. The SMILES string of the molecule is COC(=O)[C@@H]1C[NH2+]CCN1C(=O)c1cccnc1. The molecule has 0 aliphatic carbocycles. The average Bonchev–Trinajstić information content (AvgIpc) is 2.46. The Hall–Kier alpha value is -1.95.